The molecule has 2 atom stereocenters. The van der Waals surface area contributed by atoms with E-state index in [0.29, 0.717) is 5.56 Å². The Morgan fingerprint density at radius 1 is 1.40 bits per heavy atom. The number of carbonyl (C=O) groups excluding carboxylic acids is 1. The van der Waals surface area contributed by atoms with Gasteiger partial charge in [-0.3, -0.25) is 0 Å². The SMILES string of the molecule is CC(C)(C)OC(=O)NC(CF)C(O)c1ccc(I)cc1. The number of aliphatic hydroxyl groups is 1. The van der Waals surface area contributed by atoms with Crippen molar-refractivity contribution in [3.05, 3.63) is 33.4 Å². The lowest BCUT2D eigenvalue weighted by Crippen LogP contribution is -2.43. The number of aliphatic hydroxyl groups excluding tert-OH is 1. The van der Waals surface area contributed by atoms with Crippen LogP contribution in [0.1, 0.15) is 32.4 Å². The fourth-order valence-electron chi connectivity index (χ4n) is 1.55. The van der Waals surface area contributed by atoms with Crippen molar-refractivity contribution in [1.29, 1.82) is 0 Å². The van der Waals surface area contributed by atoms with Gasteiger partial charge in [-0.15, -0.1) is 0 Å². The van der Waals surface area contributed by atoms with Crippen LogP contribution in [0.4, 0.5) is 9.18 Å². The Labute approximate surface area is 131 Å². The zero-order valence-corrected chi connectivity index (χ0v) is 13.8. The summed E-state index contributed by atoms with van der Waals surface area (Å²) in [5.74, 6) is 0. The number of nitrogens with one attached hydrogen (secondary N) is 1. The number of rotatable bonds is 4. The van der Waals surface area contributed by atoms with Crippen LogP contribution in [0.5, 0.6) is 0 Å². The fourth-order valence-corrected chi connectivity index (χ4v) is 1.91. The maximum atomic E-state index is 13.0. The summed E-state index contributed by atoms with van der Waals surface area (Å²) in [4.78, 5) is 11.6. The van der Waals surface area contributed by atoms with Crippen LogP contribution < -0.4 is 5.32 Å². The van der Waals surface area contributed by atoms with Crippen LogP contribution in [0, 0.1) is 3.57 Å². The largest absolute Gasteiger partial charge is 0.444 e. The molecule has 112 valence electrons. The van der Waals surface area contributed by atoms with Crippen molar-refractivity contribution in [2.45, 2.75) is 38.5 Å². The Bertz CT molecular complexity index is 445. The van der Waals surface area contributed by atoms with Gasteiger partial charge in [-0.1, -0.05) is 12.1 Å². The highest BCUT2D eigenvalue weighted by Gasteiger charge is 2.25. The molecule has 0 aromatic heterocycles. The van der Waals surface area contributed by atoms with Crippen molar-refractivity contribution in [3.63, 3.8) is 0 Å². The first-order chi connectivity index (χ1) is 9.23. The first kappa shape index (κ1) is 17.2. The maximum Gasteiger partial charge on any atom is 0.408 e. The smallest absolute Gasteiger partial charge is 0.408 e. The Morgan fingerprint density at radius 2 is 1.95 bits per heavy atom. The molecule has 0 aliphatic carbocycles. The molecule has 0 aliphatic heterocycles. The number of halogens is 2. The Kier molecular flexibility index (Phi) is 6.19. The molecule has 0 radical (unpaired) electrons. The molecule has 1 amide bonds. The lowest BCUT2D eigenvalue weighted by Gasteiger charge is -2.25. The fraction of sp³-hybridized carbons (Fsp3) is 0.500. The van der Waals surface area contributed by atoms with Gasteiger partial charge in [-0.25, -0.2) is 9.18 Å². The summed E-state index contributed by atoms with van der Waals surface area (Å²) in [6, 6.07) is 5.98. The van der Waals surface area contributed by atoms with Gasteiger partial charge in [0.1, 0.15) is 18.4 Å². The molecule has 0 heterocycles. The number of amides is 1. The van der Waals surface area contributed by atoms with Gasteiger partial charge in [0.25, 0.3) is 0 Å². The second-order valence-corrected chi connectivity index (χ2v) is 6.65. The van der Waals surface area contributed by atoms with E-state index in [1.165, 1.54) is 0 Å². The van der Waals surface area contributed by atoms with Crippen LogP contribution in [0.2, 0.25) is 0 Å². The molecule has 6 heteroatoms. The number of carbonyl (C=O) groups is 1. The predicted octanol–water partition coefficient (Wildman–Crippen LogP) is 3.19. The molecular weight excluding hydrogens is 376 g/mol. The van der Waals surface area contributed by atoms with Crippen molar-refractivity contribution < 1.29 is 19.0 Å². The van der Waals surface area contributed by atoms with E-state index in [0.717, 1.165) is 3.57 Å². The molecule has 0 saturated carbocycles. The quantitative estimate of drug-likeness (QED) is 0.771. The number of alkyl carbamates (subject to hydrolysis) is 1. The molecule has 0 bridgehead atoms. The minimum Gasteiger partial charge on any atom is -0.444 e. The topological polar surface area (TPSA) is 58.6 Å². The van der Waals surface area contributed by atoms with Gasteiger partial charge in [0.15, 0.2) is 0 Å². The van der Waals surface area contributed by atoms with Gasteiger partial charge >= 0.3 is 6.09 Å². The van der Waals surface area contributed by atoms with E-state index in [-0.39, 0.29) is 0 Å². The zero-order chi connectivity index (χ0) is 15.3. The third-order valence-corrected chi connectivity index (χ3v) is 3.18. The van der Waals surface area contributed by atoms with Gasteiger partial charge in [0, 0.05) is 3.57 Å². The van der Waals surface area contributed by atoms with E-state index in [4.69, 9.17) is 4.74 Å². The molecule has 2 unspecified atom stereocenters. The average Bonchev–Trinajstić information content (AvgIpc) is 2.34. The van der Waals surface area contributed by atoms with Crippen LogP contribution in [0.15, 0.2) is 24.3 Å². The van der Waals surface area contributed by atoms with Gasteiger partial charge in [-0.2, -0.15) is 0 Å². The summed E-state index contributed by atoms with van der Waals surface area (Å²) >= 11 is 2.14. The third-order valence-electron chi connectivity index (χ3n) is 2.46. The molecule has 0 spiro atoms. The first-order valence-corrected chi connectivity index (χ1v) is 7.30. The average molecular weight is 395 g/mol. The highest BCUT2D eigenvalue weighted by atomic mass is 127. The van der Waals surface area contributed by atoms with Crippen molar-refractivity contribution in [2.24, 2.45) is 0 Å². The van der Waals surface area contributed by atoms with Gasteiger partial charge in [0.05, 0.1) is 6.04 Å². The molecule has 1 aromatic carbocycles. The Morgan fingerprint density at radius 3 is 2.40 bits per heavy atom. The molecule has 1 aromatic rings. The van der Waals surface area contributed by atoms with E-state index in [2.05, 4.69) is 27.9 Å². The van der Waals surface area contributed by atoms with Crippen LogP contribution in [0.3, 0.4) is 0 Å². The first-order valence-electron chi connectivity index (χ1n) is 6.22. The summed E-state index contributed by atoms with van der Waals surface area (Å²) in [5, 5.41) is 12.5. The Hall–Kier alpha value is -0.890. The van der Waals surface area contributed by atoms with Crippen molar-refractivity contribution in [1.82, 2.24) is 5.32 Å². The number of alkyl halides is 1. The number of benzene rings is 1. The van der Waals surface area contributed by atoms with Crippen LogP contribution in [-0.2, 0) is 4.74 Å². The molecular formula is C14H19FINO3. The van der Waals surface area contributed by atoms with Crippen LogP contribution >= 0.6 is 22.6 Å². The monoisotopic (exact) mass is 395 g/mol. The second-order valence-electron chi connectivity index (χ2n) is 5.40. The number of hydrogen-bond acceptors (Lipinski definition) is 3. The van der Waals surface area contributed by atoms with E-state index in [1.54, 1.807) is 32.9 Å². The van der Waals surface area contributed by atoms with Crippen molar-refractivity contribution >= 4 is 28.7 Å². The molecule has 1 rings (SSSR count). The standard InChI is InChI=1S/C14H19FINO3/c1-14(2,3)20-13(19)17-11(8-15)12(18)9-4-6-10(16)7-5-9/h4-7,11-12,18H,8H2,1-3H3,(H,17,19). The van der Waals surface area contributed by atoms with E-state index < -0.39 is 30.5 Å². The summed E-state index contributed by atoms with van der Waals surface area (Å²) in [6.07, 6.45) is -1.87. The Balaban J connectivity index is 2.70. The third kappa shape index (κ3) is 5.62. The minimum absolute atomic E-state index is 0.545. The lowest BCUT2D eigenvalue weighted by molar-refractivity contribution is 0.0396. The van der Waals surface area contributed by atoms with E-state index in [9.17, 15) is 14.3 Å². The predicted molar refractivity (Wildman–Crippen MR) is 83.3 cm³/mol. The van der Waals surface area contributed by atoms with Crippen molar-refractivity contribution in [2.75, 3.05) is 6.67 Å². The van der Waals surface area contributed by atoms with Gasteiger partial charge in [-0.05, 0) is 61.1 Å². The van der Waals surface area contributed by atoms with Gasteiger partial charge in [0.2, 0.25) is 0 Å². The molecule has 4 nitrogen and oxygen atoms in total. The molecule has 2 N–H and O–H groups in total. The van der Waals surface area contributed by atoms with E-state index >= 15 is 0 Å². The summed E-state index contributed by atoms with van der Waals surface area (Å²) in [7, 11) is 0. The lowest BCUT2D eigenvalue weighted by atomic mass is 10.0. The molecule has 0 saturated heterocycles. The van der Waals surface area contributed by atoms with Crippen molar-refractivity contribution in [3.8, 4) is 0 Å². The molecule has 0 aliphatic rings. The highest BCUT2D eigenvalue weighted by molar-refractivity contribution is 14.1. The van der Waals surface area contributed by atoms with E-state index in [1.807, 2.05) is 12.1 Å². The van der Waals surface area contributed by atoms with Crippen LogP contribution in [0.25, 0.3) is 0 Å². The normalized spacial score (nSPS) is 14.5. The molecule has 0 fully saturated rings. The number of hydrogen-bond donors (Lipinski definition) is 2. The number of ether oxygens (including phenoxy) is 1. The van der Waals surface area contributed by atoms with Gasteiger partial charge < -0.3 is 15.2 Å². The maximum absolute atomic E-state index is 13.0. The highest BCUT2D eigenvalue weighted by Crippen LogP contribution is 2.19. The van der Waals surface area contributed by atoms with Crippen LogP contribution in [-0.4, -0.2) is 29.5 Å². The summed E-state index contributed by atoms with van der Waals surface area (Å²) in [5.41, 5.74) is -0.122. The summed E-state index contributed by atoms with van der Waals surface area (Å²) < 4.78 is 19.1. The molecule has 20 heavy (non-hydrogen) atoms. The minimum atomic E-state index is -1.12. The zero-order valence-electron chi connectivity index (χ0n) is 11.7. The summed E-state index contributed by atoms with van der Waals surface area (Å²) in [6.45, 7) is 4.26. The second kappa shape index (κ2) is 7.21.